The first-order valence-corrected chi connectivity index (χ1v) is 13.2. The highest BCUT2D eigenvalue weighted by atomic mass is 16.5. The Balaban J connectivity index is 1.26. The number of benzene rings is 2. The highest BCUT2D eigenvalue weighted by molar-refractivity contribution is 6.04. The van der Waals surface area contributed by atoms with Gasteiger partial charge in [-0.25, -0.2) is 15.0 Å². The zero-order valence-electron chi connectivity index (χ0n) is 23.0. The van der Waals surface area contributed by atoms with Crippen molar-refractivity contribution in [3.8, 4) is 23.0 Å². The number of hydrogen-bond donors (Lipinski definition) is 1. The molecule has 0 spiro atoms. The lowest BCUT2D eigenvalue weighted by Crippen LogP contribution is -2.44. The molecule has 2 aromatic carbocycles. The van der Waals surface area contributed by atoms with Gasteiger partial charge in [0.15, 0.2) is 17.7 Å². The number of aliphatic imine (C=N–C) groups is 2. The molecule has 0 radical (unpaired) electrons. The number of hydrazone groups is 1. The predicted octanol–water partition coefficient (Wildman–Crippen LogP) is 3.03. The van der Waals surface area contributed by atoms with Crippen molar-refractivity contribution in [2.45, 2.75) is 12.6 Å². The fourth-order valence-corrected chi connectivity index (χ4v) is 4.83. The molecule has 1 fully saturated rings. The van der Waals surface area contributed by atoms with E-state index in [-0.39, 0.29) is 12.1 Å². The lowest BCUT2D eigenvalue weighted by molar-refractivity contribution is 0.145. The number of fused-ring (bicyclic) bond motifs is 1. The monoisotopic (exact) mass is 535 g/mol. The van der Waals surface area contributed by atoms with E-state index in [0.717, 1.165) is 56.3 Å². The first-order chi connectivity index (χ1) is 19.1. The lowest BCUT2D eigenvalue weighted by Gasteiger charge is -2.32. The summed E-state index contributed by atoms with van der Waals surface area (Å²) >= 11 is 0. The maximum atomic E-state index is 6.18. The Labute approximate surface area is 229 Å². The standard InChI is InChI=1S/C28H37N7O4/c1-33-11-13-34(14-12-33)10-5-15-39-25-17-21(16-24(37-3)26(25)38-4)31-28-29-18-20-19-30-35(27(20)32-28)22-6-8-23(36-2)9-7-22/h6-9,16-20,27H,5,10-15H2,1-4H3,(H,31,32). The summed E-state index contributed by atoms with van der Waals surface area (Å²) in [5.74, 6) is 3.00. The van der Waals surface area contributed by atoms with Crippen LogP contribution >= 0.6 is 0 Å². The summed E-state index contributed by atoms with van der Waals surface area (Å²) < 4.78 is 22.7. The Morgan fingerprint density at radius 3 is 2.41 bits per heavy atom. The van der Waals surface area contributed by atoms with Crippen LogP contribution in [0.3, 0.4) is 0 Å². The van der Waals surface area contributed by atoms with Crippen LogP contribution in [0.2, 0.25) is 0 Å². The molecule has 0 aliphatic carbocycles. The Morgan fingerprint density at radius 1 is 0.923 bits per heavy atom. The van der Waals surface area contributed by atoms with Crippen molar-refractivity contribution in [2.75, 3.05) is 78.0 Å². The van der Waals surface area contributed by atoms with Crippen LogP contribution in [0.1, 0.15) is 6.42 Å². The van der Waals surface area contributed by atoms with Crippen LogP contribution in [-0.4, -0.2) is 102 Å². The summed E-state index contributed by atoms with van der Waals surface area (Å²) in [5, 5.41) is 9.78. The molecule has 5 rings (SSSR count). The van der Waals surface area contributed by atoms with Crippen LogP contribution in [0.25, 0.3) is 0 Å². The Kier molecular flexibility index (Phi) is 8.48. The Bertz CT molecular complexity index is 1210. The van der Waals surface area contributed by atoms with E-state index in [0.29, 0.717) is 29.8 Å². The summed E-state index contributed by atoms with van der Waals surface area (Å²) in [7, 11) is 7.05. The molecular formula is C28H37N7O4. The highest BCUT2D eigenvalue weighted by Crippen LogP contribution is 2.40. The average molecular weight is 536 g/mol. The van der Waals surface area contributed by atoms with Gasteiger partial charge in [-0.1, -0.05) is 0 Å². The van der Waals surface area contributed by atoms with Crippen LogP contribution in [0.15, 0.2) is 51.5 Å². The SMILES string of the molecule is COc1ccc(N2N=CC3C=NC(Nc4cc(OC)c(OC)c(OCCCN5CCN(C)CC5)c4)=NC32)cc1. The third-order valence-electron chi connectivity index (χ3n) is 7.09. The largest absolute Gasteiger partial charge is 0.497 e. The van der Waals surface area contributed by atoms with Crippen molar-refractivity contribution < 1.29 is 18.9 Å². The molecule has 0 bridgehead atoms. The average Bonchev–Trinajstić information content (AvgIpc) is 3.39. The van der Waals surface area contributed by atoms with Gasteiger partial charge < -0.3 is 34.1 Å². The van der Waals surface area contributed by atoms with Gasteiger partial charge in [-0.05, 0) is 37.7 Å². The first-order valence-electron chi connectivity index (χ1n) is 13.2. The smallest absolute Gasteiger partial charge is 0.224 e. The van der Waals surface area contributed by atoms with E-state index in [9.17, 15) is 0 Å². The van der Waals surface area contributed by atoms with E-state index in [4.69, 9.17) is 23.9 Å². The molecule has 0 saturated carbocycles. The van der Waals surface area contributed by atoms with E-state index >= 15 is 0 Å². The fourth-order valence-electron chi connectivity index (χ4n) is 4.83. The lowest BCUT2D eigenvalue weighted by atomic mass is 10.1. The van der Waals surface area contributed by atoms with Crippen LogP contribution in [0.5, 0.6) is 23.0 Å². The number of piperazine rings is 1. The molecule has 11 nitrogen and oxygen atoms in total. The molecule has 1 N–H and O–H groups in total. The normalized spacial score (nSPS) is 20.9. The highest BCUT2D eigenvalue weighted by Gasteiger charge is 2.33. The van der Waals surface area contributed by atoms with Crippen molar-refractivity contribution in [2.24, 2.45) is 21.0 Å². The number of anilines is 2. The number of guanidine groups is 1. The molecule has 3 aliphatic rings. The van der Waals surface area contributed by atoms with Crippen molar-refractivity contribution >= 4 is 29.8 Å². The second kappa shape index (κ2) is 12.4. The quantitative estimate of drug-likeness (QED) is 0.464. The van der Waals surface area contributed by atoms with Gasteiger partial charge in [-0.3, -0.25) is 0 Å². The van der Waals surface area contributed by atoms with Gasteiger partial charge in [0, 0.05) is 63.0 Å². The third-order valence-corrected chi connectivity index (χ3v) is 7.09. The molecule has 2 aromatic rings. The zero-order valence-corrected chi connectivity index (χ0v) is 23.0. The molecule has 2 atom stereocenters. The topological polar surface area (TPSA) is 95.8 Å². The van der Waals surface area contributed by atoms with Gasteiger partial charge >= 0.3 is 0 Å². The third kappa shape index (κ3) is 6.26. The summed E-state index contributed by atoms with van der Waals surface area (Å²) in [6.07, 6.45) is 4.42. The summed E-state index contributed by atoms with van der Waals surface area (Å²) in [4.78, 5) is 14.2. The number of likely N-dealkylation sites (N-methyl/N-ethyl adjacent to an activating group) is 1. The molecule has 39 heavy (non-hydrogen) atoms. The number of ether oxygens (including phenoxy) is 4. The van der Waals surface area contributed by atoms with Gasteiger partial charge in [0.05, 0.1) is 39.5 Å². The van der Waals surface area contributed by atoms with Crippen molar-refractivity contribution in [1.82, 2.24) is 9.80 Å². The zero-order chi connectivity index (χ0) is 27.2. The van der Waals surface area contributed by atoms with E-state index < -0.39 is 0 Å². The van der Waals surface area contributed by atoms with Crippen LogP contribution in [0.4, 0.5) is 11.4 Å². The van der Waals surface area contributed by atoms with Crippen LogP contribution < -0.4 is 29.3 Å². The summed E-state index contributed by atoms with van der Waals surface area (Å²) in [6.45, 7) is 5.99. The number of rotatable bonds is 10. The van der Waals surface area contributed by atoms with Crippen LogP contribution in [0, 0.1) is 5.92 Å². The second-order valence-electron chi connectivity index (χ2n) is 9.71. The summed E-state index contributed by atoms with van der Waals surface area (Å²) in [6, 6.07) is 11.5. The minimum Gasteiger partial charge on any atom is -0.497 e. The van der Waals surface area contributed by atoms with E-state index in [2.05, 4.69) is 32.3 Å². The molecule has 3 heterocycles. The van der Waals surface area contributed by atoms with E-state index in [1.807, 2.05) is 53.8 Å². The molecule has 1 saturated heterocycles. The molecule has 3 aliphatic heterocycles. The first kappa shape index (κ1) is 26.8. The molecule has 2 unspecified atom stereocenters. The minimum atomic E-state index is -0.233. The van der Waals surface area contributed by atoms with Crippen molar-refractivity contribution in [3.05, 3.63) is 36.4 Å². The summed E-state index contributed by atoms with van der Waals surface area (Å²) in [5.41, 5.74) is 1.67. The molecule has 11 heteroatoms. The number of hydrogen-bond acceptors (Lipinski definition) is 11. The fraction of sp³-hybridized carbons (Fsp3) is 0.464. The maximum absolute atomic E-state index is 6.18. The van der Waals surface area contributed by atoms with Crippen molar-refractivity contribution in [3.63, 3.8) is 0 Å². The molecule has 0 aromatic heterocycles. The van der Waals surface area contributed by atoms with E-state index in [1.54, 1.807) is 21.3 Å². The predicted molar refractivity (Wildman–Crippen MR) is 154 cm³/mol. The number of methoxy groups -OCH3 is 3. The molecule has 208 valence electrons. The molecule has 0 amide bonds. The van der Waals surface area contributed by atoms with E-state index in [1.165, 1.54) is 0 Å². The van der Waals surface area contributed by atoms with Gasteiger partial charge in [0.25, 0.3) is 0 Å². The Hall–Kier alpha value is -3.83. The molecular weight excluding hydrogens is 498 g/mol. The number of nitrogens with zero attached hydrogens (tertiary/aromatic N) is 6. The second-order valence-corrected chi connectivity index (χ2v) is 9.71. The Morgan fingerprint density at radius 2 is 1.69 bits per heavy atom. The van der Waals surface area contributed by atoms with Gasteiger partial charge in [-0.2, -0.15) is 5.10 Å². The van der Waals surface area contributed by atoms with Gasteiger partial charge in [-0.15, -0.1) is 0 Å². The van der Waals surface area contributed by atoms with Gasteiger partial charge in [0.2, 0.25) is 11.7 Å². The van der Waals surface area contributed by atoms with Gasteiger partial charge in [0.1, 0.15) is 5.75 Å². The maximum Gasteiger partial charge on any atom is 0.224 e. The van der Waals surface area contributed by atoms with Crippen LogP contribution in [-0.2, 0) is 0 Å². The van der Waals surface area contributed by atoms with Crippen molar-refractivity contribution in [1.29, 1.82) is 0 Å². The number of nitrogens with one attached hydrogen (secondary N) is 1. The minimum absolute atomic E-state index is 0.0118.